The van der Waals surface area contributed by atoms with E-state index in [9.17, 15) is 4.79 Å². The van der Waals surface area contributed by atoms with Crippen molar-refractivity contribution >= 4 is 41.4 Å². The topological polar surface area (TPSA) is 17.1 Å². The number of rotatable bonds is 5. The normalized spacial score (nSPS) is 11.5. The molecule has 10 heavy (non-hydrogen) atoms. The molecule has 0 saturated carbocycles. The molecule has 5 heteroatoms. The zero-order chi connectivity index (χ0) is 8.04. The highest BCUT2D eigenvalue weighted by atomic mass is 35.5. The van der Waals surface area contributed by atoms with Crippen LogP contribution in [0.4, 0.5) is 0 Å². The minimum atomic E-state index is -0.215. The van der Waals surface area contributed by atoms with Gasteiger partial charge in [0.2, 0.25) is 0 Å². The van der Waals surface area contributed by atoms with E-state index in [2.05, 4.69) is 0 Å². The van der Waals surface area contributed by atoms with Gasteiger partial charge in [0.1, 0.15) is 13.1 Å². The second-order valence-electron chi connectivity index (χ2n) is 1.86. The summed E-state index contributed by atoms with van der Waals surface area (Å²) in [5.74, 6) is 0.720. The lowest BCUT2D eigenvalue weighted by molar-refractivity contribution is -0.720. The molecule has 0 fully saturated rings. The predicted octanol–water partition coefficient (Wildman–Crippen LogP) is 1.59. The standard InChI is InChI=1S/C5H9Cl3NO/c6-1-3-9(8,5-10)4-2-7/h5H,1-4H2/q+1. The van der Waals surface area contributed by atoms with Gasteiger partial charge in [-0.05, 0) is 0 Å². The van der Waals surface area contributed by atoms with Crippen molar-refractivity contribution in [2.45, 2.75) is 0 Å². The first kappa shape index (κ1) is 10.5. The van der Waals surface area contributed by atoms with Gasteiger partial charge < -0.3 is 0 Å². The van der Waals surface area contributed by atoms with Crippen LogP contribution in [-0.2, 0) is 4.79 Å². The van der Waals surface area contributed by atoms with E-state index in [0.29, 0.717) is 31.3 Å². The van der Waals surface area contributed by atoms with Crippen molar-refractivity contribution in [3.63, 3.8) is 0 Å². The predicted molar refractivity (Wildman–Crippen MR) is 43.4 cm³/mol. The van der Waals surface area contributed by atoms with Gasteiger partial charge in [0, 0.05) is 0 Å². The Hall–Kier alpha value is 0.500. The van der Waals surface area contributed by atoms with Gasteiger partial charge in [0.05, 0.1) is 11.8 Å². The van der Waals surface area contributed by atoms with Crippen LogP contribution in [0.3, 0.4) is 0 Å². The Morgan fingerprint density at radius 3 is 1.80 bits per heavy atom. The van der Waals surface area contributed by atoms with Gasteiger partial charge in [-0.2, -0.15) is 4.00 Å². The van der Waals surface area contributed by atoms with E-state index in [-0.39, 0.29) is 4.00 Å². The van der Waals surface area contributed by atoms with Crippen molar-refractivity contribution in [1.29, 1.82) is 0 Å². The summed E-state index contributed by atoms with van der Waals surface area (Å²) in [4.78, 5) is 10.3. The number of carbonyl (C=O) groups is 1. The molecule has 0 aromatic rings. The van der Waals surface area contributed by atoms with Crippen LogP contribution in [0.15, 0.2) is 0 Å². The molecule has 0 radical (unpaired) electrons. The van der Waals surface area contributed by atoms with E-state index in [4.69, 9.17) is 35.0 Å². The summed E-state index contributed by atoms with van der Waals surface area (Å²) in [7, 11) is 0. The van der Waals surface area contributed by atoms with Gasteiger partial charge in [-0.25, -0.2) is 4.79 Å². The monoisotopic (exact) mass is 204 g/mol. The van der Waals surface area contributed by atoms with Crippen molar-refractivity contribution in [1.82, 2.24) is 0 Å². The van der Waals surface area contributed by atoms with Gasteiger partial charge >= 0.3 is 6.41 Å². The summed E-state index contributed by atoms with van der Waals surface area (Å²) in [5, 5.41) is 0. The third-order valence-electron chi connectivity index (χ3n) is 1.10. The van der Waals surface area contributed by atoms with Crippen LogP contribution in [0.25, 0.3) is 0 Å². The molecular weight excluding hydrogens is 196 g/mol. The molecule has 0 bridgehead atoms. The summed E-state index contributed by atoms with van der Waals surface area (Å²) < 4.78 is -0.215. The molecule has 60 valence electrons. The fraction of sp³-hybridized carbons (Fsp3) is 0.800. The highest BCUT2D eigenvalue weighted by Crippen LogP contribution is 2.08. The molecule has 0 aromatic heterocycles. The van der Waals surface area contributed by atoms with Crippen molar-refractivity contribution in [2.24, 2.45) is 0 Å². The van der Waals surface area contributed by atoms with Gasteiger partial charge in [-0.3, -0.25) is 0 Å². The van der Waals surface area contributed by atoms with Crippen molar-refractivity contribution < 1.29 is 8.80 Å². The van der Waals surface area contributed by atoms with Crippen molar-refractivity contribution in [2.75, 3.05) is 24.8 Å². The fourth-order valence-corrected chi connectivity index (χ4v) is 1.44. The van der Waals surface area contributed by atoms with Crippen molar-refractivity contribution in [3.05, 3.63) is 0 Å². The maximum Gasteiger partial charge on any atom is 0.319 e. The molecule has 0 aliphatic heterocycles. The molecule has 0 N–H and O–H groups in total. The number of carbonyl (C=O) groups excluding carboxylic acids is 1. The minimum absolute atomic E-state index is 0.215. The number of halogens is 3. The first-order valence-corrected chi connectivity index (χ1v) is 4.24. The molecule has 0 rings (SSSR count). The van der Waals surface area contributed by atoms with Crippen LogP contribution in [-0.4, -0.2) is 35.3 Å². The maximum absolute atomic E-state index is 10.3. The smallest absolute Gasteiger partial charge is 0.232 e. The molecule has 0 atom stereocenters. The number of hydrogen-bond donors (Lipinski definition) is 0. The van der Waals surface area contributed by atoms with Crippen LogP contribution < -0.4 is 0 Å². The summed E-state index contributed by atoms with van der Waals surface area (Å²) in [5.41, 5.74) is 0. The van der Waals surface area contributed by atoms with Crippen LogP contribution in [0.5, 0.6) is 0 Å². The fourth-order valence-electron chi connectivity index (χ4n) is 0.498. The van der Waals surface area contributed by atoms with Crippen LogP contribution >= 0.6 is 35.0 Å². The van der Waals surface area contributed by atoms with E-state index in [1.165, 1.54) is 0 Å². The molecule has 0 unspecified atom stereocenters. The summed E-state index contributed by atoms with van der Waals surface area (Å²) in [6.07, 6.45) is 0.645. The van der Waals surface area contributed by atoms with E-state index < -0.39 is 0 Å². The lowest BCUT2D eigenvalue weighted by Gasteiger charge is -2.18. The zero-order valence-electron chi connectivity index (χ0n) is 5.40. The number of hydrogen-bond acceptors (Lipinski definition) is 1. The first-order valence-electron chi connectivity index (χ1n) is 2.83. The van der Waals surface area contributed by atoms with E-state index in [1.54, 1.807) is 0 Å². The Labute approximate surface area is 75.4 Å². The third-order valence-corrected chi connectivity index (χ3v) is 1.86. The molecule has 2 nitrogen and oxygen atoms in total. The zero-order valence-corrected chi connectivity index (χ0v) is 7.66. The van der Waals surface area contributed by atoms with Crippen molar-refractivity contribution in [3.8, 4) is 0 Å². The number of alkyl halides is 2. The number of amides is 1. The average molecular weight is 205 g/mol. The van der Waals surface area contributed by atoms with Crippen LogP contribution in [0.1, 0.15) is 0 Å². The minimum Gasteiger partial charge on any atom is -0.232 e. The van der Waals surface area contributed by atoms with Crippen LogP contribution in [0.2, 0.25) is 0 Å². The lowest BCUT2D eigenvalue weighted by Crippen LogP contribution is -2.40. The molecule has 0 spiro atoms. The van der Waals surface area contributed by atoms with Gasteiger partial charge in [-0.1, -0.05) is 0 Å². The maximum atomic E-state index is 10.3. The summed E-state index contributed by atoms with van der Waals surface area (Å²) in [6, 6.07) is 0. The van der Waals surface area contributed by atoms with Gasteiger partial charge in [-0.15, -0.1) is 23.2 Å². The van der Waals surface area contributed by atoms with E-state index in [1.807, 2.05) is 0 Å². The molecule has 0 saturated heterocycles. The molecule has 0 aliphatic rings. The van der Waals surface area contributed by atoms with Gasteiger partial charge in [0.25, 0.3) is 0 Å². The SMILES string of the molecule is O=C[N+](Cl)(CCCl)CCCl. The largest absolute Gasteiger partial charge is 0.319 e. The Bertz CT molecular complexity index is 103. The van der Waals surface area contributed by atoms with E-state index >= 15 is 0 Å². The third kappa shape index (κ3) is 3.62. The molecule has 0 heterocycles. The Kier molecular flexibility index (Phi) is 5.45. The Morgan fingerprint density at radius 1 is 1.20 bits per heavy atom. The second-order valence-corrected chi connectivity index (χ2v) is 3.29. The molecule has 1 amide bonds. The van der Waals surface area contributed by atoms with E-state index in [0.717, 1.165) is 0 Å². The lowest BCUT2D eigenvalue weighted by atomic mass is 10.6. The van der Waals surface area contributed by atoms with Crippen LogP contribution in [0, 0.1) is 0 Å². The number of nitrogens with zero attached hydrogens (tertiary/aromatic N) is 1. The molecular formula is C5H9Cl3NO+. The summed E-state index contributed by atoms with van der Waals surface area (Å²) >= 11 is 16.5. The van der Waals surface area contributed by atoms with Gasteiger partial charge in [0.15, 0.2) is 11.8 Å². The second kappa shape index (κ2) is 5.19. The highest BCUT2D eigenvalue weighted by Gasteiger charge is 2.23. The average Bonchev–Trinajstić information content (AvgIpc) is 1.89. The first-order chi connectivity index (χ1) is 4.68. The molecule has 0 aromatic carbocycles. The number of quaternary nitrogens is 1. The summed E-state index contributed by atoms with van der Waals surface area (Å²) in [6.45, 7) is 0.832. The Balaban J connectivity index is 3.81. The quantitative estimate of drug-likeness (QED) is 0.378. The Morgan fingerprint density at radius 2 is 1.60 bits per heavy atom. The molecule has 0 aliphatic carbocycles. The highest BCUT2D eigenvalue weighted by molar-refractivity contribution is 6.19.